The Morgan fingerprint density at radius 3 is 2.27 bits per heavy atom. The maximum Gasteiger partial charge on any atom is 0.280 e. The quantitative estimate of drug-likeness (QED) is 0.839. The fourth-order valence-electron chi connectivity index (χ4n) is 3.07. The number of pyridine rings is 1. The second kappa shape index (κ2) is 6.83. The monoisotopic (exact) mass is 356 g/mol. The Labute approximate surface area is 150 Å². The molecule has 4 rings (SSSR count). The van der Waals surface area contributed by atoms with E-state index in [0.717, 1.165) is 18.7 Å². The first-order chi connectivity index (χ1) is 12.6. The van der Waals surface area contributed by atoms with Gasteiger partial charge in [-0.25, -0.2) is 23.7 Å². The zero-order valence-electron chi connectivity index (χ0n) is 14.1. The van der Waals surface area contributed by atoms with Crippen molar-refractivity contribution in [2.45, 2.75) is 25.2 Å². The lowest BCUT2D eigenvalue weighted by atomic mass is 10.2. The fourth-order valence-corrected chi connectivity index (χ4v) is 3.07. The van der Waals surface area contributed by atoms with Gasteiger partial charge in [0.2, 0.25) is 0 Å². The molecule has 0 atom stereocenters. The van der Waals surface area contributed by atoms with Gasteiger partial charge < -0.3 is 9.80 Å². The predicted molar refractivity (Wildman–Crippen MR) is 92.3 cm³/mol. The van der Waals surface area contributed by atoms with Crippen molar-refractivity contribution in [1.82, 2.24) is 15.0 Å². The third-order valence-corrected chi connectivity index (χ3v) is 4.72. The normalized spacial score (nSPS) is 17.5. The Hall–Kier alpha value is -2.82. The van der Waals surface area contributed by atoms with E-state index >= 15 is 0 Å². The van der Waals surface area contributed by atoms with Crippen molar-refractivity contribution < 1.29 is 8.78 Å². The molecule has 2 aromatic heterocycles. The summed E-state index contributed by atoms with van der Waals surface area (Å²) in [7, 11) is 0. The lowest BCUT2D eigenvalue weighted by Crippen LogP contribution is -2.47. The maximum atomic E-state index is 13.2. The van der Waals surface area contributed by atoms with Gasteiger partial charge in [0.05, 0.1) is 5.56 Å². The first-order valence-electron chi connectivity index (χ1n) is 8.67. The van der Waals surface area contributed by atoms with Gasteiger partial charge in [0.25, 0.3) is 6.43 Å². The highest BCUT2D eigenvalue weighted by molar-refractivity contribution is 5.47. The highest BCUT2D eigenvalue weighted by atomic mass is 19.3. The first kappa shape index (κ1) is 16.6. The molecule has 3 heterocycles. The van der Waals surface area contributed by atoms with Gasteiger partial charge in [-0.2, -0.15) is 5.26 Å². The van der Waals surface area contributed by atoms with Crippen LogP contribution in [0.25, 0.3) is 0 Å². The molecule has 0 N–H and O–H groups in total. The highest BCUT2D eigenvalue weighted by Gasteiger charge is 2.29. The summed E-state index contributed by atoms with van der Waals surface area (Å²) < 4.78 is 26.4. The van der Waals surface area contributed by atoms with Crippen molar-refractivity contribution in [2.75, 3.05) is 36.0 Å². The van der Waals surface area contributed by atoms with Crippen LogP contribution < -0.4 is 9.80 Å². The number of hydrogen-bond acceptors (Lipinski definition) is 6. The van der Waals surface area contributed by atoms with Gasteiger partial charge in [-0.3, -0.25) is 0 Å². The number of alkyl halides is 2. The van der Waals surface area contributed by atoms with Gasteiger partial charge in [-0.1, -0.05) is 0 Å². The summed E-state index contributed by atoms with van der Waals surface area (Å²) in [5.41, 5.74) is 0.341. The molecule has 2 aromatic rings. The summed E-state index contributed by atoms with van der Waals surface area (Å²) in [5, 5.41) is 8.85. The molecule has 26 heavy (non-hydrogen) atoms. The van der Waals surface area contributed by atoms with E-state index in [1.54, 1.807) is 12.3 Å². The molecule has 0 aromatic carbocycles. The molecule has 134 valence electrons. The Bertz CT molecular complexity index is 800. The molecule has 1 saturated heterocycles. The van der Waals surface area contributed by atoms with Crippen LogP contribution in [0, 0.1) is 11.3 Å². The average Bonchev–Trinajstić information content (AvgIpc) is 3.53. The number of halogens is 2. The Morgan fingerprint density at radius 1 is 1.04 bits per heavy atom. The smallest absolute Gasteiger partial charge is 0.280 e. The molecule has 1 aliphatic carbocycles. The van der Waals surface area contributed by atoms with Gasteiger partial charge in [0.15, 0.2) is 0 Å². The van der Waals surface area contributed by atoms with Crippen LogP contribution in [0.5, 0.6) is 0 Å². The molecule has 0 unspecified atom stereocenters. The van der Waals surface area contributed by atoms with Crippen LogP contribution in [0.4, 0.5) is 20.4 Å². The predicted octanol–water partition coefficient (Wildman–Crippen LogP) is 2.88. The van der Waals surface area contributed by atoms with E-state index in [-0.39, 0.29) is 11.6 Å². The Morgan fingerprint density at radius 2 is 1.73 bits per heavy atom. The van der Waals surface area contributed by atoms with Gasteiger partial charge in [-0.05, 0) is 25.0 Å². The second-order valence-electron chi connectivity index (χ2n) is 6.58. The third kappa shape index (κ3) is 3.43. The van der Waals surface area contributed by atoms with Crippen LogP contribution in [-0.2, 0) is 0 Å². The summed E-state index contributed by atoms with van der Waals surface area (Å²) in [5.74, 6) is 2.19. The molecule has 0 bridgehead atoms. The standard InChI is InChI=1S/C18H18F2N6/c19-17(20)14-9-16(24-18(23-14)13-2-3-13)26-7-5-25(6-8-26)15-4-1-12(10-21)11-22-15/h1,4,9,11,13,17H,2-3,5-8H2. The Balaban J connectivity index is 1.48. The molecule has 0 spiro atoms. The topological polar surface area (TPSA) is 68.9 Å². The van der Waals surface area contributed by atoms with Crippen LogP contribution in [0.1, 0.15) is 42.3 Å². The zero-order chi connectivity index (χ0) is 18.1. The van der Waals surface area contributed by atoms with E-state index in [1.165, 1.54) is 6.07 Å². The van der Waals surface area contributed by atoms with Gasteiger partial charge >= 0.3 is 0 Å². The lowest BCUT2D eigenvalue weighted by molar-refractivity contribution is 0.145. The molecule has 2 aliphatic rings. The van der Waals surface area contributed by atoms with Crippen LogP contribution >= 0.6 is 0 Å². The van der Waals surface area contributed by atoms with E-state index < -0.39 is 6.43 Å². The number of aromatic nitrogens is 3. The number of piperazine rings is 1. The van der Waals surface area contributed by atoms with Gasteiger partial charge in [0, 0.05) is 44.4 Å². The van der Waals surface area contributed by atoms with E-state index in [4.69, 9.17) is 5.26 Å². The minimum absolute atomic E-state index is 0.187. The van der Waals surface area contributed by atoms with Gasteiger partial charge in [-0.15, -0.1) is 0 Å². The number of rotatable bonds is 4. The number of nitrogens with zero attached hydrogens (tertiary/aromatic N) is 6. The molecule has 6 nitrogen and oxygen atoms in total. The van der Waals surface area contributed by atoms with Crippen LogP contribution in [0.2, 0.25) is 0 Å². The van der Waals surface area contributed by atoms with E-state index in [1.807, 2.05) is 11.0 Å². The molecule has 2 fully saturated rings. The van der Waals surface area contributed by atoms with Gasteiger partial charge in [0.1, 0.15) is 29.2 Å². The number of anilines is 2. The highest BCUT2D eigenvalue weighted by Crippen LogP contribution is 2.39. The molecule has 0 amide bonds. The summed E-state index contributed by atoms with van der Waals surface area (Å²) >= 11 is 0. The molecular weight excluding hydrogens is 338 g/mol. The van der Waals surface area contributed by atoms with Crippen LogP contribution in [-0.4, -0.2) is 41.1 Å². The van der Waals surface area contributed by atoms with E-state index in [9.17, 15) is 8.78 Å². The van der Waals surface area contributed by atoms with Crippen molar-refractivity contribution in [1.29, 1.82) is 5.26 Å². The van der Waals surface area contributed by atoms with Crippen LogP contribution in [0.3, 0.4) is 0 Å². The van der Waals surface area contributed by atoms with Crippen molar-refractivity contribution in [3.63, 3.8) is 0 Å². The average molecular weight is 356 g/mol. The summed E-state index contributed by atoms with van der Waals surface area (Å²) in [6, 6.07) is 7.04. The van der Waals surface area contributed by atoms with Crippen molar-refractivity contribution in [3.8, 4) is 6.07 Å². The molecule has 8 heteroatoms. The number of hydrogen-bond donors (Lipinski definition) is 0. The third-order valence-electron chi connectivity index (χ3n) is 4.72. The second-order valence-corrected chi connectivity index (χ2v) is 6.58. The SMILES string of the molecule is N#Cc1ccc(N2CCN(c3cc(C(F)F)nc(C4CC4)n3)CC2)nc1. The van der Waals surface area contributed by atoms with E-state index in [2.05, 4.69) is 25.9 Å². The van der Waals surface area contributed by atoms with Crippen molar-refractivity contribution in [3.05, 3.63) is 41.5 Å². The van der Waals surface area contributed by atoms with E-state index in [0.29, 0.717) is 43.4 Å². The minimum Gasteiger partial charge on any atom is -0.353 e. The summed E-state index contributed by atoms with van der Waals surface area (Å²) in [4.78, 5) is 17.0. The number of nitriles is 1. The van der Waals surface area contributed by atoms with Crippen molar-refractivity contribution in [2.24, 2.45) is 0 Å². The zero-order valence-corrected chi connectivity index (χ0v) is 14.1. The fraction of sp³-hybridized carbons (Fsp3) is 0.444. The maximum absolute atomic E-state index is 13.2. The lowest BCUT2D eigenvalue weighted by Gasteiger charge is -2.36. The van der Waals surface area contributed by atoms with Crippen molar-refractivity contribution >= 4 is 11.6 Å². The molecule has 1 aliphatic heterocycles. The summed E-state index contributed by atoms with van der Waals surface area (Å²) in [6.07, 6.45) is 0.927. The molecule has 1 saturated carbocycles. The molecule has 0 radical (unpaired) electrons. The first-order valence-corrected chi connectivity index (χ1v) is 8.67. The largest absolute Gasteiger partial charge is 0.353 e. The minimum atomic E-state index is -2.58. The Kier molecular flexibility index (Phi) is 4.37. The molecular formula is C18H18F2N6. The summed E-state index contributed by atoms with van der Waals surface area (Å²) in [6.45, 7) is 2.77. The van der Waals surface area contributed by atoms with Crippen LogP contribution in [0.15, 0.2) is 24.4 Å².